The van der Waals surface area contributed by atoms with Crippen molar-refractivity contribution in [1.29, 1.82) is 0 Å². The number of ketones is 1. The Morgan fingerprint density at radius 2 is 1.89 bits per heavy atom. The number of Topliss-reactive ketones (excluding diaryl/α,β-unsaturated/α-hetero) is 1. The van der Waals surface area contributed by atoms with Crippen LogP contribution in [0.15, 0.2) is 53.3 Å². The second-order valence-electron chi connectivity index (χ2n) is 6.64. The number of halogens is 2. The van der Waals surface area contributed by atoms with Gasteiger partial charge >= 0.3 is 0 Å². The zero-order chi connectivity index (χ0) is 20.4. The maximum Gasteiger partial charge on any atom is 0.291 e. The van der Waals surface area contributed by atoms with Gasteiger partial charge < -0.3 is 5.32 Å². The summed E-state index contributed by atoms with van der Waals surface area (Å²) in [5, 5.41) is 7.87. The molecule has 0 radical (unpaired) electrons. The van der Waals surface area contributed by atoms with Crippen LogP contribution >= 0.6 is 11.6 Å². The minimum atomic E-state index is -0.458. The molecule has 1 heterocycles. The van der Waals surface area contributed by atoms with Crippen LogP contribution in [0, 0.1) is 5.82 Å². The zero-order valence-corrected chi connectivity index (χ0v) is 16.4. The summed E-state index contributed by atoms with van der Waals surface area (Å²) in [7, 11) is 0. The summed E-state index contributed by atoms with van der Waals surface area (Å²) in [6.07, 6.45) is 0. The van der Waals surface area contributed by atoms with Gasteiger partial charge in [0.25, 0.3) is 5.56 Å². The number of carbonyl (C=O) groups excluding carboxylic acids is 1. The van der Waals surface area contributed by atoms with Crippen LogP contribution < -0.4 is 10.9 Å². The predicted octanol–water partition coefficient (Wildman–Crippen LogP) is 5.23. The van der Waals surface area contributed by atoms with Gasteiger partial charge in [0.05, 0.1) is 11.6 Å². The molecule has 1 aromatic heterocycles. The van der Waals surface area contributed by atoms with Gasteiger partial charge in [-0.3, -0.25) is 9.59 Å². The van der Waals surface area contributed by atoms with Crippen LogP contribution in [0.1, 0.15) is 37.2 Å². The van der Waals surface area contributed by atoms with Gasteiger partial charge in [0, 0.05) is 16.3 Å². The average molecular weight is 400 g/mol. The maximum absolute atomic E-state index is 13.8. The normalized spacial score (nSPS) is 10.9. The fourth-order valence-electron chi connectivity index (χ4n) is 2.90. The van der Waals surface area contributed by atoms with Crippen molar-refractivity contribution in [2.24, 2.45) is 0 Å². The van der Waals surface area contributed by atoms with E-state index in [-0.39, 0.29) is 28.8 Å². The molecular formula is C21H19ClFN3O2. The molecule has 28 heavy (non-hydrogen) atoms. The van der Waals surface area contributed by atoms with Gasteiger partial charge in [0.2, 0.25) is 0 Å². The third-order valence-corrected chi connectivity index (χ3v) is 4.38. The number of hydrogen-bond donors (Lipinski definition) is 1. The van der Waals surface area contributed by atoms with Crippen LogP contribution in [0.2, 0.25) is 5.02 Å². The highest BCUT2D eigenvalue weighted by Gasteiger charge is 2.23. The average Bonchev–Trinajstić information content (AvgIpc) is 2.62. The largest absolute Gasteiger partial charge is 0.350 e. The van der Waals surface area contributed by atoms with Gasteiger partial charge in [0.1, 0.15) is 17.2 Å². The van der Waals surface area contributed by atoms with Crippen molar-refractivity contribution in [3.63, 3.8) is 0 Å². The number of carbonyl (C=O) groups is 1. The SMILES string of the molecule is CC(=O)c1c(-c2cccc(F)c2)nn(C(C)C)c(=O)c1Nc1cccc(Cl)c1. The molecule has 0 aliphatic rings. The molecule has 0 saturated carbocycles. The van der Waals surface area contributed by atoms with E-state index >= 15 is 0 Å². The summed E-state index contributed by atoms with van der Waals surface area (Å²) in [6, 6.07) is 12.3. The van der Waals surface area contributed by atoms with Gasteiger partial charge in [-0.15, -0.1) is 0 Å². The van der Waals surface area contributed by atoms with E-state index in [1.54, 1.807) is 44.2 Å². The Balaban J connectivity index is 2.32. The van der Waals surface area contributed by atoms with Crippen LogP contribution in [-0.2, 0) is 0 Å². The highest BCUT2D eigenvalue weighted by Crippen LogP contribution is 2.29. The van der Waals surface area contributed by atoms with E-state index in [0.29, 0.717) is 16.3 Å². The molecule has 0 fully saturated rings. The van der Waals surface area contributed by atoms with E-state index in [2.05, 4.69) is 10.4 Å². The van der Waals surface area contributed by atoms with Crippen molar-refractivity contribution in [3.8, 4) is 11.3 Å². The highest BCUT2D eigenvalue weighted by atomic mass is 35.5. The van der Waals surface area contributed by atoms with Crippen LogP contribution in [-0.4, -0.2) is 15.6 Å². The van der Waals surface area contributed by atoms with Crippen molar-refractivity contribution >= 4 is 28.8 Å². The zero-order valence-electron chi connectivity index (χ0n) is 15.7. The molecule has 3 rings (SSSR count). The fourth-order valence-corrected chi connectivity index (χ4v) is 3.09. The van der Waals surface area contributed by atoms with E-state index in [9.17, 15) is 14.0 Å². The van der Waals surface area contributed by atoms with Crippen LogP contribution in [0.5, 0.6) is 0 Å². The highest BCUT2D eigenvalue weighted by molar-refractivity contribution is 6.30. The first-order valence-corrected chi connectivity index (χ1v) is 9.12. The molecule has 0 bridgehead atoms. The third-order valence-electron chi connectivity index (χ3n) is 4.15. The molecule has 3 aromatic rings. The van der Waals surface area contributed by atoms with E-state index in [1.165, 1.54) is 29.8 Å². The fraction of sp³-hybridized carbons (Fsp3) is 0.190. The molecule has 0 aliphatic heterocycles. The topological polar surface area (TPSA) is 64.0 Å². The van der Waals surface area contributed by atoms with E-state index in [4.69, 9.17) is 11.6 Å². The first kappa shape index (κ1) is 19.8. The number of rotatable bonds is 5. The first-order chi connectivity index (χ1) is 13.3. The summed E-state index contributed by atoms with van der Waals surface area (Å²) in [4.78, 5) is 25.5. The number of nitrogens with one attached hydrogen (secondary N) is 1. The molecule has 5 nitrogen and oxygen atoms in total. The molecule has 144 valence electrons. The van der Waals surface area contributed by atoms with Crippen LogP contribution in [0.4, 0.5) is 15.8 Å². The van der Waals surface area contributed by atoms with Crippen LogP contribution in [0.25, 0.3) is 11.3 Å². The molecule has 7 heteroatoms. The molecule has 0 atom stereocenters. The summed E-state index contributed by atoms with van der Waals surface area (Å²) in [5.74, 6) is -0.815. The van der Waals surface area contributed by atoms with Crippen molar-refractivity contribution in [1.82, 2.24) is 9.78 Å². The minimum absolute atomic E-state index is 0.0812. The summed E-state index contributed by atoms with van der Waals surface area (Å²) < 4.78 is 15.1. The molecule has 0 spiro atoms. The Labute approximate surface area is 166 Å². The molecule has 0 amide bonds. The number of hydrogen-bond acceptors (Lipinski definition) is 4. The van der Waals surface area contributed by atoms with Gasteiger partial charge in [-0.1, -0.05) is 29.8 Å². The summed E-state index contributed by atoms with van der Waals surface area (Å²) in [5.41, 5.74) is 0.947. The third kappa shape index (κ3) is 3.97. The summed E-state index contributed by atoms with van der Waals surface area (Å²) >= 11 is 6.04. The van der Waals surface area contributed by atoms with Gasteiger partial charge in [0.15, 0.2) is 5.78 Å². The number of aromatic nitrogens is 2. The van der Waals surface area contributed by atoms with Crippen molar-refractivity contribution in [3.05, 3.63) is 75.3 Å². The van der Waals surface area contributed by atoms with Crippen molar-refractivity contribution in [2.45, 2.75) is 26.8 Å². The number of anilines is 2. The van der Waals surface area contributed by atoms with E-state index < -0.39 is 11.4 Å². The van der Waals surface area contributed by atoms with Gasteiger partial charge in [-0.05, 0) is 51.1 Å². The van der Waals surface area contributed by atoms with Gasteiger partial charge in [-0.2, -0.15) is 5.10 Å². The molecular weight excluding hydrogens is 381 g/mol. The smallest absolute Gasteiger partial charge is 0.291 e. The first-order valence-electron chi connectivity index (χ1n) is 8.74. The molecule has 0 aliphatic carbocycles. The molecule has 0 saturated heterocycles. The lowest BCUT2D eigenvalue weighted by Crippen LogP contribution is -2.30. The van der Waals surface area contributed by atoms with Crippen molar-refractivity contribution in [2.75, 3.05) is 5.32 Å². The second-order valence-corrected chi connectivity index (χ2v) is 7.08. The Morgan fingerprint density at radius 1 is 1.18 bits per heavy atom. The Hall–Kier alpha value is -2.99. The standard InChI is InChI=1S/C21H19ClFN3O2/c1-12(2)26-21(28)20(24-17-9-5-7-15(22)11-17)18(13(3)27)19(25-26)14-6-4-8-16(23)10-14/h4-12,24H,1-3H3. The lowest BCUT2D eigenvalue weighted by Gasteiger charge is -2.18. The predicted molar refractivity (Wildman–Crippen MR) is 109 cm³/mol. The van der Waals surface area contributed by atoms with Crippen molar-refractivity contribution < 1.29 is 9.18 Å². The monoisotopic (exact) mass is 399 g/mol. The molecule has 2 aromatic carbocycles. The van der Waals surface area contributed by atoms with E-state index in [1.807, 2.05) is 0 Å². The van der Waals surface area contributed by atoms with Crippen LogP contribution in [0.3, 0.4) is 0 Å². The lowest BCUT2D eigenvalue weighted by molar-refractivity contribution is 0.101. The lowest BCUT2D eigenvalue weighted by atomic mass is 10.0. The van der Waals surface area contributed by atoms with E-state index in [0.717, 1.165) is 0 Å². The molecule has 0 unspecified atom stereocenters. The minimum Gasteiger partial charge on any atom is -0.350 e. The maximum atomic E-state index is 13.8. The quantitative estimate of drug-likeness (QED) is 0.596. The second kappa shape index (κ2) is 7.94. The Kier molecular flexibility index (Phi) is 5.61. The Bertz CT molecular complexity index is 1110. The number of benzene rings is 2. The number of nitrogens with zero attached hydrogens (tertiary/aromatic N) is 2. The Morgan fingerprint density at radius 3 is 2.50 bits per heavy atom. The van der Waals surface area contributed by atoms with Gasteiger partial charge in [-0.25, -0.2) is 9.07 Å². The summed E-state index contributed by atoms with van der Waals surface area (Å²) in [6.45, 7) is 4.96. The molecule has 1 N–H and O–H groups in total.